The third-order valence-electron chi connectivity index (χ3n) is 6.04. The summed E-state index contributed by atoms with van der Waals surface area (Å²) in [6, 6.07) is 22.1. The SMILES string of the molecule is CNC(=O)c1ccccc1Sc1cc(-c2ccc([N+](=O)[O-])cc2)c2c(C=Cc3ccccn3)nn(C(=O)O)c2c1. The van der Waals surface area contributed by atoms with E-state index in [0.29, 0.717) is 48.8 Å². The summed E-state index contributed by atoms with van der Waals surface area (Å²) in [5.41, 5.74) is 3.04. The Morgan fingerprint density at radius 2 is 1.77 bits per heavy atom. The monoisotopic (exact) mass is 551 g/mol. The first kappa shape index (κ1) is 26.3. The number of hydrogen-bond acceptors (Lipinski definition) is 7. The number of rotatable bonds is 7. The fourth-order valence-electron chi connectivity index (χ4n) is 4.20. The lowest BCUT2D eigenvalue weighted by atomic mass is 9.99. The fourth-order valence-corrected chi connectivity index (χ4v) is 5.22. The maximum Gasteiger partial charge on any atom is 0.432 e. The number of nitrogens with zero attached hydrogens (tertiary/aromatic N) is 4. The summed E-state index contributed by atoms with van der Waals surface area (Å²) in [5.74, 6) is -0.253. The molecule has 0 aliphatic carbocycles. The van der Waals surface area contributed by atoms with Crippen LogP contribution in [-0.2, 0) is 0 Å². The van der Waals surface area contributed by atoms with Crippen LogP contribution in [0.1, 0.15) is 21.7 Å². The lowest BCUT2D eigenvalue weighted by Gasteiger charge is -2.11. The molecule has 5 aromatic rings. The number of non-ortho nitro benzene ring substituents is 1. The Bertz CT molecular complexity index is 1780. The largest absolute Gasteiger partial charge is 0.463 e. The molecule has 0 fully saturated rings. The molecule has 0 saturated heterocycles. The molecule has 1 amide bonds. The zero-order valence-corrected chi connectivity index (χ0v) is 21.8. The number of amides is 1. The Kier molecular flexibility index (Phi) is 7.38. The van der Waals surface area contributed by atoms with Crippen LogP contribution in [0.3, 0.4) is 0 Å². The molecule has 2 aromatic heterocycles. The summed E-state index contributed by atoms with van der Waals surface area (Å²) >= 11 is 1.30. The second kappa shape index (κ2) is 11.2. The maximum absolute atomic E-state index is 12.5. The second-order valence-corrected chi connectivity index (χ2v) is 9.63. The molecule has 198 valence electrons. The van der Waals surface area contributed by atoms with E-state index in [0.717, 1.165) is 4.68 Å². The molecular weight excluding hydrogens is 530 g/mol. The molecule has 0 atom stereocenters. The van der Waals surface area contributed by atoms with Gasteiger partial charge in [0.1, 0.15) is 0 Å². The number of carbonyl (C=O) groups is 2. The molecule has 0 radical (unpaired) electrons. The summed E-state index contributed by atoms with van der Waals surface area (Å²) in [5, 5.41) is 28.8. The number of aromatic nitrogens is 3. The van der Waals surface area contributed by atoms with Crippen LogP contribution in [0.5, 0.6) is 0 Å². The molecule has 0 aliphatic heterocycles. The van der Waals surface area contributed by atoms with E-state index in [4.69, 9.17) is 0 Å². The van der Waals surface area contributed by atoms with Crippen molar-refractivity contribution in [2.75, 3.05) is 7.05 Å². The summed E-state index contributed by atoms with van der Waals surface area (Å²) in [4.78, 5) is 41.1. The molecule has 0 unspecified atom stereocenters. The van der Waals surface area contributed by atoms with Gasteiger partial charge in [0, 0.05) is 40.6 Å². The average Bonchev–Trinajstić information content (AvgIpc) is 3.35. The quantitative estimate of drug-likeness (QED) is 0.180. The summed E-state index contributed by atoms with van der Waals surface area (Å²) in [7, 11) is 1.55. The van der Waals surface area contributed by atoms with E-state index in [2.05, 4.69) is 15.4 Å². The third-order valence-corrected chi connectivity index (χ3v) is 7.09. The molecular formula is C29H21N5O5S. The van der Waals surface area contributed by atoms with Gasteiger partial charge in [-0.2, -0.15) is 9.78 Å². The molecule has 0 spiro atoms. The normalized spacial score (nSPS) is 11.1. The standard InChI is InChI=1S/C29H21N5O5S/c1-30-28(35)22-7-2-3-8-26(22)40-21-16-23(18-9-12-20(13-10-18)34(38)39)27-24(14-11-19-6-4-5-15-31-19)32-33(29(36)37)25(27)17-21/h2-17H,1H3,(H,30,35)(H,36,37). The van der Waals surface area contributed by atoms with E-state index < -0.39 is 11.0 Å². The molecule has 2 heterocycles. The van der Waals surface area contributed by atoms with Gasteiger partial charge >= 0.3 is 6.09 Å². The van der Waals surface area contributed by atoms with E-state index >= 15 is 0 Å². The van der Waals surface area contributed by atoms with Gasteiger partial charge < -0.3 is 10.4 Å². The second-order valence-electron chi connectivity index (χ2n) is 8.51. The first-order valence-electron chi connectivity index (χ1n) is 12.0. The van der Waals surface area contributed by atoms with Gasteiger partial charge in [0.05, 0.1) is 27.4 Å². The Morgan fingerprint density at radius 3 is 2.45 bits per heavy atom. The van der Waals surface area contributed by atoms with Crippen molar-refractivity contribution in [2.24, 2.45) is 0 Å². The number of carbonyl (C=O) groups excluding carboxylic acids is 1. The summed E-state index contributed by atoms with van der Waals surface area (Å²) in [6.45, 7) is 0. The molecule has 11 heteroatoms. The Morgan fingerprint density at radius 1 is 1.02 bits per heavy atom. The fraction of sp³-hybridized carbons (Fsp3) is 0.0345. The summed E-state index contributed by atoms with van der Waals surface area (Å²) in [6.07, 6.45) is 3.79. The van der Waals surface area contributed by atoms with E-state index in [-0.39, 0.29) is 11.6 Å². The molecule has 3 aromatic carbocycles. The van der Waals surface area contributed by atoms with Crippen molar-refractivity contribution in [2.45, 2.75) is 9.79 Å². The van der Waals surface area contributed by atoms with Crippen molar-refractivity contribution >= 4 is 52.5 Å². The van der Waals surface area contributed by atoms with Gasteiger partial charge in [-0.1, -0.05) is 30.0 Å². The molecule has 5 rings (SSSR count). The van der Waals surface area contributed by atoms with Crippen molar-refractivity contribution < 1.29 is 19.6 Å². The van der Waals surface area contributed by atoms with Crippen LogP contribution < -0.4 is 5.32 Å². The number of fused-ring (bicyclic) bond motifs is 1. The molecule has 2 N–H and O–H groups in total. The highest BCUT2D eigenvalue weighted by atomic mass is 32.2. The maximum atomic E-state index is 12.5. The first-order chi connectivity index (χ1) is 19.4. The van der Waals surface area contributed by atoms with Crippen LogP contribution in [-0.4, -0.2) is 43.8 Å². The average molecular weight is 552 g/mol. The van der Waals surface area contributed by atoms with Crippen molar-refractivity contribution in [3.05, 3.63) is 112 Å². The zero-order valence-electron chi connectivity index (χ0n) is 21.0. The van der Waals surface area contributed by atoms with Gasteiger partial charge in [-0.25, -0.2) is 4.79 Å². The van der Waals surface area contributed by atoms with Crippen LogP contribution in [0.15, 0.2) is 94.9 Å². The van der Waals surface area contributed by atoms with E-state index in [1.165, 1.54) is 23.9 Å². The number of nitrogens with one attached hydrogen (secondary N) is 1. The van der Waals surface area contributed by atoms with Gasteiger partial charge in [0.15, 0.2) is 0 Å². The van der Waals surface area contributed by atoms with Crippen LogP contribution in [0, 0.1) is 10.1 Å². The Hall–Kier alpha value is -5.29. The third kappa shape index (κ3) is 5.31. The van der Waals surface area contributed by atoms with Crippen LogP contribution in [0.2, 0.25) is 0 Å². The van der Waals surface area contributed by atoms with Crippen LogP contribution >= 0.6 is 11.8 Å². The van der Waals surface area contributed by atoms with E-state index in [1.54, 1.807) is 67.9 Å². The lowest BCUT2D eigenvalue weighted by molar-refractivity contribution is -0.384. The molecule has 40 heavy (non-hydrogen) atoms. The van der Waals surface area contributed by atoms with Gasteiger partial charge in [-0.05, 0) is 71.8 Å². The van der Waals surface area contributed by atoms with Crippen molar-refractivity contribution in [3.8, 4) is 11.1 Å². The number of benzene rings is 3. The molecule has 0 saturated carbocycles. The van der Waals surface area contributed by atoms with Gasteiger partial charge in [-0.15, -0.1) is 0 Å². The van der Waals surface area contributed by atoms with E-state index in [1.807, 2.05) is 24.3 Å². The number of nitro benzene ring substituents is 1. The number of nitro groups is 1. The Balaban J connectivity index is 1.73. The number of carboxylic acid groups (broad SMARTS) is 1. The minimum absolute atomic E-state index is 0.0680. The molecule has 0 aliphatic rings. The Labute approximate surface area is 232 Å². The highest BCUT2D eigenvalue weighted by molar-refractivity contribution is 7.99. The van der Waals surface area contributed by atoms with Crippen molar-refractivity contribution in [1.82, 2.24) is 20.1 Å². The topological polar surface area (TPSA) is 140 Å². The minimum atomic E-state index is -1.27. The predicted molar refractivity (Wildman–Crippen MR) is 152 cm³/mol. The smallest absolute Gasteiger partial charge is 0.432 e. The highest BCUT2D eigenvalue weighted by Gasteiger charge is 2.21. The predicted octanol–water partition coefficient (Wildman–Crippen LogP) is 6.21. The van der Waals surface area contributed by atoms with Crippen molar-refractivity contribution in [1.29, 1.82) is 0 Å². The van der Waals surface area contributed by atoms with Crippen LogP contribution in [0.25, 0.3) is 34.2 Å². The number of hydrogen-bond donors (Lipinski definition) is 2. The van der Waals surface area contributed by atoms with Gasteiger partial charge in [0.2, 0.25) is 0 Å². The minimum Gasteiger partial charge on any atom is -0.463 e. The first-order valence-corrected chi connectivity index (χ1v) is 12.8. The zero-order chi connectivity index (χ0) is 28.2. The van der Waals surface area contributed by atoms with Crippen molar-refractivity contribution in [3.63, 3.8) is 0 Å². The van der Waals surface area contributed by atoms with Crippen LogP contribution in [0.4, 0.5) is 10.5 Å². The van der Waals surface area contributed by atoms with E-state index in [9.17, 15) is 24.8 Å². The lowest BCUT2D eigenvalue weighted by Crippen LogP contribution is -2.18. The van der Waals surface area contributed by atoms with Gasteiger partial charge in [-0.3, -0.25) is 19.9 Å². The van der Waals surface area contributed by atoms with Gasteiger partial charge in [0.25, 0.3) is 11.6 Å². The number of pyridine rings is 1. The highest BCUT2D eigenvalue weighted by Crippen LogP contribution is 2.39. The molecule has 0 bridgehead atoms. The summed E-state index contributed by atoms with van der Waals surface area (Å²) < 4.78 is 0.900. The molecule has 10 nitrogen and oxygen atoms in total.